The Kier molecular flexibility index (Phi) is 8.92. The lowest BCUT2D eigenvalue weighted by molar-refractivity contribution is -0.143. The van der Waals surface area contributed by atoms with Crippen LogP contribution in [0.1, 0.15) is 60.9 Å². The lowest BCUT2D eigenvalue weighted by Crippen LogP contribution is -2.48. The van der Waals surface area contributed by atoms with E-state index in [1.165, 1.54) is 25.3 Å². The SMILES string of the molecule is COc1cc(F)c(O[C@H]2CC[C@@H](C(=O)O)CC2)cc1C(=O)N[C@@H]1[C@H]2CC[C@H](C2)[C@@H]1C(=O)Nc1ccc(Br)c(C(F)(F)F)c1. The van der Waals surface area contributed by atoms with Gasteiger partial charge in [-0.05, 0) is 81.0 Å². The van der Waals surface area contributed by atoms with Gasteiger partial charge in [0.1, 0.15) is 5.75 Å². The van der Waals surface area contributed by atoms with Crippen molar-refractivity contribution in [2.24, 2.45) is 23.7 Å². The molecule has 232 valence electrons. The van der Waals surface area contributed by atoms with Crippen LogP contribution < -0.4 is 20.1 Å². The molecule has 0 saturated heterocycles. The van der Waals surface area contributed by atoms with E-state index < -0.39 is 59.3 Å². The Bertz CT molecular complexity index is 1410. The number of halogens is 5. The maximum atomic E-state index is 14.9. The van der Waals surface area contributed by atoms with Crippen LogP contribution in [0.3, 0.4) is 0 Å². The largest absolute Gasteiger partial charge is 0.496 e. The van der Waals surface area contributed by atoms with Crippen LogP contribution in [-0.4, -0.2) is 42.1 Å². The maximum Gasteiger partial charge on any atom is 0.417 e. The van der Waals surface area contributed by atoms with Crippen LogP contribution in [0.5, 0.6) is 11.5 Å². The van der Waals surface area contributed by atoms with E-state index in [1.54, 1.807) is 0 Å². The molecule has 3 N–H and O–H groups in total. The summed E-state index contributed by atoms with van der Waals surface area (Å²) in [5.41, 5.74) is -0.921. The van der Waals surface area contributed by atoms with Crippen molar-refractivity contribution in [2.45, 2.75) is 63.3 Å². The molecule has 43 heavy (non-hydrogen) atoms. The van der Waals surface area contributed by atoms with E-state index >= 15 is 0 Å². The Morgan fingerprint density at radius 1 is 0.977 bits per heavy atom. The van der Waals surface area contributed by atoms with Crippen molar-refractivity contribution in [1.29, 1.82) is 0 Å². The minimum Gasteiger partial charge on any atom is -0.496 e. The number of anilines is 1. The van der Waals surface area contributed by atoms with Gasteiger partial charge in [0, 0.05) is 22.3 Å². The molecule has 2 amide bonds. The molecule has 3 saturated carbocycles. The molecule has 0 spiro atoms. The first-order chi connectivity index (χ1) is 20.3. The quantitative estimate of drug-likeness (QED) is 0.279. The minimum atomic E-state index is -4.61. The van der Waals surface area contributed by atoms with Gasteiger partial charge in [-0.1, -0.05) is 15.9 Å². The molecular formula is C30H31BrF4N2O6. The number of hydrogen-bond acceptors (Lipinski definition) is 5. The Morgan fingerprint density at radius 3 is 2.33 bits per heavy atom. The summed E-state index contributed by atoms with van der Waals surface area (Å²) in [5.74, 6) is -4.10. The first kappa shape index (κ1) is 31.1. The van der Waals surface area contributed by atoms with E-state index in [9.17, 15) is 37.1 Å². The number of fused-ring (bicyclic) bond motifs is 2. The van der Waals surface area contributed by atoms with Gasteiger partial charge >= 0.3 is 12.1 Å². The summed E-state index contributed by atoms with van der Waals surface area (Å²) >= 11 is 2.90. The number of aliphatic carboxylic acids is 1. The zero-order valence-electron chi connectivity index (χ0n) is 23.2. The number of alkyl halides is 3. The fourth-order valence-electron chi connectivity index (χ4n) is 6.73. The molecule has 0 heterocycles. The van der Waals surface area contributed by atoms with Crippen molar-refractivity contribution < 1.29 is 46.5 Å². The molecule has 3 fully saturated rings. The number of carboxylic acid groups (broad SMARTS) is 1. The van der Waals surface area contributed by atoms with Crippen LogP contribution in [0.4, 0.5) is 23.2 Å². The second-order valence-corrected chi connectivity index (χ2v) is 12.3. The summed E-state index contributed by atoms with van der Waals surface area (Å²) in [6.45, 7) is 0. The van der Waals surface area contributed by atoms with Gasteiger partial charge in [0.05, 0.1) is 36.2 Å². The zero-order valence-corrected chi connectivity index (χ0v) is 24.8. The average Bonchev–Trinajstić information content (AvgIpc) is 3.56. The molecule has 2 aromatic rings. The lowest BCUT2D eigenvalue weighted by Gasteiger charge is -2.31. The van der Waals surface area contributed by atoms with Crippen molar-refractivity contribution in [1.82, 2.24) is 5.32 Å². The van der Waals surface area contributed by atoms with Crippen LogP contribution in [0, 0.1) is 29.5 Å². The molecule has 13 heteroatoms. The second-order valence-electron chi connectivity index (χ2n) is 11.5. The van der Waals surface area contributed by atoms with Crippen molar-refractivity contribution >= 4 is 39.4 Å². The Balaban J connectivity index is 1.32. The highest BCUT2D eigenvalue weighted by atomic mass is 79.9. The Morgan fingerprint density at radius 2 is 1.67 bits per heavy atom. The molecule has 2 bridgehead atoms. The van der Waals surface area contributed by atoms with Crippen molar-refractivity contribution in [3.05, 3.63) is 51.7 Å². The normalized spacial score (nSPS) is 26.6. The Labute approximate surface area is 253 Å². The van der Waals surface area contributed by atoms with Gasteiger partial charge in [-0.2, -0.15) is 13.2 Å². The van der Waals surface area contributed by atoms with Crippen LogP contribution >= 0.6 is 15.9 Å². The lowest BCUT2D eigenvalue weighted by atomic mass is 9.83. The molecular weight excluding hydrogens is 640 g/mol. The predicted octanol–water partition coefficient (Wildman–Crippen LogP) is 6.42. The molecule has 3 aliphatic carbocycles. The van der Waals surface area contributed by atoms with E-state index in [4.69, 9.17) is 9.47 Å². The van der Waals surface area contributed by atoms with Gasteiger partial charge in [-0.3, -0.25) is 14.4 Å². The van der Waals surface area contributed by atoms with Crippen LogP contribution in [0.15, 0.2) is 34.8 Å². The summed E-state index contributed by atoms with van der Waals surface area (Å²) in [5, 5.41) is 14.7. The molecule has 0 unspecified atom stereocenters. The Hall–Kier alpha value is -3.35. The summed E-state index contributed by atoms with van der Waals surface area (Å²) in [4.78, 5) is 38.2. The molecule has 5 rings (SSSR count). The van der Waals surface area contributed by atoms with Gasteiger partial charge in [0.15, 0.2) is 11.6 Å². The standard InChI is InChI=1S/C30H31BrF4N2O6/c1-42-23-13-22(32)24(43-18-7-4-14(5-8-18)29(40)41)12-19(23)27(38)37-26-16-3-2-15(10-16)25(26)28(39)36-17-6-9-21(31)20(11-17)30(33,34)35/h6,9,11-16,18,25-26H,2-5,7-8,10H2,1H3,(H,36,39)(H,37,38)(H,40,41)/t14-,15-,16+,18+,25+,26-/m1/s1. The van der Waals surface area contributed by atoms with E-state index in [2.05, 4.69) is 26.6 Å². The monoisotopic (exact) mass is 670 g/mol. The topological polar surface area (TPSA) is 114 Å². The van der Waals surface area contributed by atoms with Crippen molar-refractivity contribution in [2.75, 3.05) is 12.4 Å². The number of hydrogen-bond donors (Lipinski definition) is 3. The zero-order chi connectivity index (χ0) is 31.1. The average molecular weight is 671 g/mol. The van der Waals surface area contributed by atoms with Gasteiger partial charge in [0.25, 0.3) is 5.91 Å². The molecule has 0 aromatic heterocycles. The molecule has 0 aliphatic heterocycles. The highest BCUT2D eigenvalue weighted by Gasteiger charge is 2.51. The van der Waals surface area contributed by atoms with Crippen molar-refractivity contribution in [3.63, 3.8) is 0 Å². The van der Waals surface area contributed by atoms with Gasteiger partial charge in [-0.15, -0.1) is 0 Å². The van der Waals surface area contributed by atoms with Crippen molar-refractivity contribution in [3.8, 4) is 11.5 Å². The van der Waals surface area contributed by atoms with E-state index in [-0.39, 0.29) is 39.1 Å². The maximum absolute atomic E-state index is 14.9. The number of carboxylic acids is 1. The summed E-state index contributed by atoms with van der Waals surface area (Å²) < 4.78 is 66.1. The van der Waals surface area contributed by atoms with Crippen LogP contribution in [0.25, 0.3) is 0 Å². The number of methoxy groups -OCH3 is 1. The van der Waals surface area contributed by atoms with Gasteiger partial charge in [-0.25, -0.2) is 4.39 Å². The number of ether oxygens (including phenoxy) is 2. The molecule has 2 aromatic carbocycles. The number of carbonyl (C=O) groups is 3. The summed E-state index contributed by atoms with van der Waals surface area (Å²) in [6.07, 6.45) is -1.15. The third-order valence-corrected chi connectivity index (χ3v) is 9.56. The molecule has 3 aliphatic rings. The number of benzene rings is 2. The fourth-order valence-corrected chi connectivity index (χ4v) is 7.20. The fraction of sp³-hybridized carbons (Fsp3) is 0.500. The third-order valence-electron chi connectivity index (χ3n) is 8.87. The molecule has 0 radical (unpaired) electrons. The highest BCUT2D eigenvalue weighted by Crippen LogP contribution is 2.49. The number of nitrogens with one attached hydrogen (secondary N) is 2. The third kappa shape index (κ3) is 6.61. The van der Waals surface area contributed by atoms with E-state index in [0.29, 0.717) is 32.1 Å². The molecule has 8 nitrogen and oxygen atoms in total. The molecule has 4 atom stereocenters. The van der Waals surface area contributed by atoms with Gasteiger partial charge < -0.3 is 25.2 Å². The minimum absolute atomic E-state index is 0.00258. The summed E-state index contributed by atoms with van der Waals surface area (Å²) in [6, 6.07) is 5.16. The highest BCUT2D eigenvalue weighted by molar-refractivity contribution is 9.10. The number of rotatable bonds is 8. The van der Waals surface area contributed by atoms with Gasteiger partial charge in [0.2, 0.25) is 5.91 Å². The van der Waals surface area contributed by atoms with Crippen LogP contribution in [-0.2, 0) is 15.8 Å². The number of carbonyl (C=O) groups excluding carboxylic acids is 2. The van der Waals surface area contributed by atoms with E-state index in [0.717, 1.165) is 25.0 Å². The summed E-state index contributed by atoms with van der Waals surface area (Å²) in [7, 11) is 1.29. The van der Waals surface area contributed by atoms with E-state index in [1.807, 2.05) is 0 Å². The number of amides is 2. The first-order valence-corrected chi connectivity index (χ1v) is 14.9. The second kappa shape index (κ2) is 12.3. The first-order valence-electron chi connectivity index (χ1n) is 14.1. The van der Waals surface area contributed by atoms with Crippen LogP contribution in [0.2, 0.25) is 0 Å². The predicted molar refractivity (Wildman–Crippen MR) is 150 cm³/mol. The smallest absolute Gasteiger partial charge is 0.417 e.